The first-order valence-corrected chi connectivity index (χ1v) is 9.05. The maximum absolute atomic E-state index is 12.4. The van der Waals surface area contributed by atoms with Gasteiger partial charge >= 0.3 is 0 Å². The molecule has 2 aromatic heterocycles. The zero-order valence-corrected chi connectivity index (χ0v) is 15.5. The third kappa shape index (κ3) is 4.44. The summed E-state index contributed by atoms with van der Waals surface area (Å²) in [5.74, 6) is 1.86. The van der Waals surface area contributed by atoms with Crippen LogP contribution in [0.3, 0.4) is 0 Å². The van der Waals surface area contributed by atoms with E-state index >= 15 is 0 Å². The number of amides is 1. The van der Waals surface area contributed by atoms with Crippen LogP contribution in [0.2, 0.25) is 5.02 Å². The molecule has 0 saturated carbocycles. The quantitative estimate of drug-likeness (QED) is 0.649. The van der Waals surface area contributed by atoms with Gasteiger partial charge in [0, 0.05) is 5.02 Å². The number of carbonyl (C=O) groups excluding carboxylic acids is 1. The molecule has 0 fully saturated rings. The number of halogens is 1. The molecule has 0 aliphatic carbocycles. The van der Waals surface area contributed by atoms with Gasteiger partial charge in [-0.1, -0.05) is 17.7 Å². The molecule has 0 atom stereocenters. The SMILES string of the molecule is CC(C)(Oc1ccc(Cl)cc1)C(=O)NCc1ccc(-c2cccs2)o1. The Morgan fingerprint density at radius 1 is 1.20 bits per heavy atom. The Balaban J connectivity index is 1.58. The molecule has 0 bridgehead atoms. The van der Waals surface area contributed by atoms with Crippen LogP contribution in [0.25, 0.3) is 10.6 Å². The Bertz CT molecular complexity index is 838. The van der Waals surface area contributed by atoms with Gasteiger partial charge in [0.2, 0.25) is 0 Å². The lowest BCUT2D eigenvalue weighted by Crippen LogP contribution is -2.46. The van der Waals surface area contributed by atoms with Crippen LogP contribution in [-0.2, 0) is 11.3 Å². The lowest BCUT2D eigenvalue weighted by Gasteiger charge is -2.25. The van der Waals surface area contributed by atoms with Gasteiger partial charge in [0.05, 0.1) is 11.4 Å². The van der Waals surface area contributed by atoms with Crippen LogP contribution in [0, 0.1) is 0 Å². The summed E-state index contributed by atoms with van der Waals surface area (Å²) >= 11 is 7.47. The second-order valence-electron chi connectivity index (χ2n) is 5.99. The molecule has 1 aromatic carbocycles. The molecule has 2 heterocycles. The molecular formula is C19H18ClNO3S. The van der Waals surface area contributed by atoms with Gasteiger partial charge in [-0.05, 0) is 61.7 Å². The summed E-state index contributed by atoms with van der Waals surface area (Å²) in [6, 6.07) is 14.6. The molecule has 1 N–H and O–H groups in total. The number of hydrogen-bond donors (Lipinski definition) is 1. The summed E-state index contributed by atoms with van der Waals surface area (Å²) in [5, 5.41) is 5.46. The topological polar surface area (TPSA) is 51.5 Å². The van der Waals surface area contributed by atoms with E-state index in [9.17, 15) is 4.79 Å². The molecular weight excluding hydrogens is 358 g/mol. The maximum atomic E-state index is 12.4. The van der Waals surface area contributed by atoms with Crippen molar-refractivity contribution in [2.75, 3.05) is 0 Å². The van der Waals surface area contributed by atoms with E-state index in [4.69, 9.17) is 20.8 Å². The van der Waals surface area contributed by atoms with Crippen LogP contribution in [0.5, 0.6) is 5.75 Å². The molecule has 3 rings (SSSR count). The van der Waals surface area contributed by atoms with E-state index in [1.165, 1.54) is 0 Å². The van der Waals surface area contributed by atoms with Gasteiger partial charge in [0.1, 0.15) is 17.3 Å². The van der Waals surface area contributed by atoms with Crippen molar-refractivity contribution in [3.05, 3.63) is 64.7 Å². The maximum Gasteiger partial charge on any atom is 0.263 e. The van der Waals surface area contributed by atoms with E-state index in [0.717, 1.165) is 10.6 Å². The van der Waals surface area contributed by atoms with Crippen molar-refractivity contribution in [3.63, 3.8) is 0 Å². The molecule has 25 heavy (non-hydrogen) atoms. The molecule has 4 nitrogen and oxygen atoms in total. The Kier molecular flexibility index (Phi) is 5.16. The highest BCUT2D eigenvalue weighted by Crippen LogP contribution is 2.26. The second kappa shape index (κ2) is 7.33. The highest BCUT2D eigenvalue weighted by molar-refractivity contribution is 7.13. The van der Waals surface area contributed by atoms with E-state index < -0.39 is 5.60 Å². The normalized spacial score (nSPS) is 11.3. The third-order valence-corrected chi connectivity index (χ3v) is 4.72. The zero-order chi connectivity index (χ0) is 17.9. The van der Waals surface area contributed by atoms with Gasteiger partial charge in [0.25, 0.3) is 5.91 Å². The molecule has 0 radical (unpaired) electrons. The Labute approximate surface area is 155 Å². The number of hydrogen-bond acceptors (Lipinski definition) is 4. The highest BCUT2D eigenvalue weighted by atomic mass is 35.5. The monoisotopic (exact) mass is 375 g/mol. The summed E-state index contributed by atoms with van der Waals surface area (Å²) in [6.07, 6.45) is 0. The molecule has 130 valence electrons. The van der Waals surface area contributed by atoms with Crippen LogP contribution in [0.4, 0.5) is 0 Å². The molecule has 0 aliphatic heterocycles. The molecule has 0 aliphatic rings. The van der Waals surface area contributed by atoms with E-state index in [1.54, 1.807) is 49.4 Å². The van der Waals surface area contributed by atoms with Crippen molar-refractivity contribution in [1.29, 1.82) is 0 Å². The fourth-order valence-corrected chi connectivity index (χ4v) is 3.06. The lowest BCUT2D eigenvalue weighted by atomic mass is 10.1. The van der Waals surface area contributed by atoms with Crippen molar-refractivity contribution in [1.82, 2.24) is 5.32 Å². The number of nitrogens with one attached hydrogen (secondary N) is 1. The number of furan rings is 1. The predicted molar refractivity (Wildman–Crippen MR) is 100 cm³/mol. The second-order valence-corrected chi connectivity index (χ2v) is 7.38. The largest absolute Gasteiger partial charge is 0.478 e. The van der Waals surface area contributed by atoms with Crippen LogP contribution in [0.1, 0.15) is 19.6 Å². The summed E-state index contributed by atoms with van der Waals surface area (Å²) in [7, 11) is 0. The van der Waals surface area contributed by atoms with Crippen LogP contribution < -0.4 is 10.1 Å². The number of ether oxygens (including phenoxy) is 1. The van der Waals surface area contributed by atoms with Crippen LogP contribution >= 0.6 is 22.9 Å². The van der Waals surface area contributed by atoms with E-state index in [2.05, 4.69) is 5.32 Å². The zero-order valence-electron chi connectivity index (χ0n) is 13.9. The van der Waals surface area contributed by atoms with Gasteiger partial charge in [-0.25, -0.2) is 0 Å². The van der Waals surface area contributed by atoms with Gasteiger partial charge in [-0.15, -0.1) is 11.3 Å². The van der Waals surface area contributed by atoms with E-state index in [0.29, 0.717) is 23.1 Å². The van der Waals surface area contributed by atoms with Gasteiger partial charge in [-0.2, -0.15) is 0 Å². The molecule has 3 aromatic rings. The minimum atomic E-state index is -1.02. The first kappa shape index (κ1) is 17.6. The third-order valence-electron chi connectivity index (χ3n) is 3.58. The summed E-state index contributed by atoms with van der Waals surface area (Å²) in [5.41, 5.74) is -1.02. The van der Waals surface area contributed by atoms with Crippen molar-refractivity contribution in [3.8, 4) is 16.4 Å². The summed E-state index contributed by atoms with van der Waals surface area (Å²) < 4.78 is 11.5. The van der Waals surface area contributed by atoms with Crippen molar-refractivity contribution >= 4 is 28.8 Å². The molecule has 0 unspecified atom stereocenters. The molecule has 0 spiro atoms. The van der Waals surface area contributed by atoms with E-state index in [-0.39, 0.29) is 5.91 Å². The molecule has 1 amide bonds. The van der Waals surface area contributed by atoms with Crippen molar-refractivity contribution < 1.29 is 13.9 Å². The Hall–Kier alpha value is -2.24. The van der Waals surface area contributed by atoms with Crippen molar-refractivity contribution in [2.45, 2.75) is 26.0 Å². The average Bonchev–Trinajstić information content (AvgIpc) is 3.25. The Morgan fingerprint density at radius 2 is 1.96 bits per heavy atom. The van der Waals surface area contributed by atoms with Crippen molar-refractivity contribution in [2.24, 2.45) is 0 Å². The van der Waals surface area contributed by atoms with Crippen LogP contribution in [-0.4, -0.2) is 11.5 Å². The molecule has 6 heteroatoms. The number of rotatable bonds is 6. The first-order valence-electron chi connectivity index (χ1n) is 7.79. The highest BCUT2D eigenvalue weighted by Gasteiger charge is 2.29. The van der Waals surface area contributed by atoms with Gasteiger partial charge in [0.15, 0.2) is 5.60 Å². The number of benzene rings is 1. The van der Waals surface area contributed by atoms with E-state index in [1.807, 2.05) is 29.6 Å². The average molecular weight is 376 g/mol. The summed E-state index contributed by atoms with van der Waals surface area (Å²) in [6.45, 7) is 3.74. The Morgan fingerprint density at radius 3 is 2.64 bits per heavy atom. The predicted octanol–water partition coefficient (Wildman–Crippen LogP) is 5.14. The number of thiophene rings is 1. The summed E-state index contributed by atoms with van der Waals surface area (Å²) in [4.78, 5) is 13.5. The minimum absolute atomic E-state index is 0.225. The fraction of sp³-hybridized carbons (Fsp3) is 0.211. The molecule has 0 saturated heterocycles. The lowest BCUT2D eigenvalue weighted by molar-refractivity contribution is -0.134. The van der Waals surface area contributed by atoms with Gasteiger partial charge in [-0.3, -0.25) is 4.79 Å². The van der Waals surface area contributed by atoms with Crippen LogP contribution in [0.15, 0.2) is 58.3 Å². The van der Waals surface area contributed by atoms with Gasteiger partial charge < -0.3 is 14.5 Å². The fourth-order valence-electron chi connectivity index (χ4n) is 2.25. The smallest absolute Gasteiger partial charge is 0.263 e. The standard InChI is InChI=1S/C19H18ClNO3S/c1-19(2,24-14-7-5-13(20)6-8-14)18(22)21-12-15-9-10-16(23-15)17-4-3-11-25-17/h3-11H,12H2,1-2H3,(H,21,22). The number of carbonyl (C=O) groups is 1. The first-order chi connectivity index (χ1) is 11.9. The minimum Gasteiger partial charge on any atom is -0.478 e.